The van der Waals surface area contributed by atoms with Crippen molar-refractivity contribution < 1.29 is 0 Å². The summed E-state index contributed by atoms with van der Waals surface area (Å²) >= 11 is 0. The van der Waals surface area contributed by atoms with Gasteiger partial charge in [0.15, 0.2) is 0 Å². The summed E-state index contributed by atoms with van der Waals surface area (Å²) in [7, 11) is 0. The fourth-order valence-corrected chi connectivity index (χ4v) is 5.71. The monoisotopic (exact) mass is 375 g/mol. The van der Waals surface area contributed by atoms with Crippen molar-refractivity contribution in [1.29, 1.82) is 0 Å². The van der Waals surface area contributed by atoms with Gasteiger partial charge in [-0.05, 0) is 76.1 Å². The lowest BCUT2D eigenvalue weighted by molar-refractivity contribution is 0.427. The molecule has 29 heavy (non-hydrogen) atoms. The van der Waals surface area contributed by atoms with Crippen molar-refractivity contribution in [2.24, 2.45) is 5.92 Å². The van der Waals surface area contributed by atoms with Gasteiger partial charge in [-0.1, -0.05) is 72.8 Å². The first-order valence-corrected chi connectivity index (χ1v) is 10.7. The van der Waals surface area contributed by atoms with E-state index in [1.54, 1.807) is 0 Å². The molecule has 0 saturated heterocycles. The highest BCUT2D eigenvalue weighted by Crippen LogP contribution is 2.53. The van der Waals surface area contributed by atoms with E-state index in [4.69, 9.17) is 0 Å². The van der Waals surface area contributed by atoms with Crippen molar-refractivity contribution >= 4 is 27.2 Å². The minimum Gasteiger partial charge on any atom is -0.377 e. The molecule has 1 nitrogen and oxygen atoms in total. The summed E-state index contributed by atoms with van der Waals surface area (Å²) in [6, 6.07) is 25.0. The SMILES string of the molecule is Cc1ccc(C)c2c1NC(c1c3ccccc3cc3ccccc13)C1CC=CC21. The maximum atomic E-state index is 4.04. The number of hydrogen-bond donors (Lipinski definition) is 1. The number of hydrogen-bond acceptors (Lipinski definition) is 1. The Bertz CT molecular complexity index is 1240. The second-order valence-corrected chi connectivity index (χ2v) is 8.70. The summed E-state index contributed by atoms with van der Waals surface area (Å²) in [5.41, 5.74) is 7.06. The zero-order valence-electron chi connectivity index (χ0n) is 16.9. The molecule has 0 radical (unpaired) electrons. The Morgan fingerprint density at radius 3 is 2.14 bits per heavy atom. The van der Waals surface area contributed by atoms with E-state index in [1.807, 2.05) is 0 Å². The quantitative estimate of drug-likeness (QED) is 0.269. The fourth-order valence-electron chi connectivity index (χ4n) is 5.71. The summed E-state index contributed by atoms with van der Waals surface area (Å²) in [4.78, 5) is 0. The molecule has 3 atom stereocenters. The number of fused-ring (bicyclic) bond motifs is 5. The van der Waals surface area contributed by atoms with E-state index in [9.17, 15) is 0 Å². The van der Waals surface area contributed by atoms with E-state index in [0.29, 0.717) is 17.9 Å². The highest BCUT2D eigenvalue weighted by Gasteiger charge is 2.40. The van der Waals surface area contributed by atoms with E-state index in [0.717, 1.165) is 6.42 Å². The maximum Gasteiger partial charge on any atom is 0.0566 e. The van der Waals surface area contributed by atoms with Gasteiger partial charge in [-0.2, -0.15) is 0 Å². The van der Waals surface area contributed by atoms with Crippen LogP contribution in [0.2, 0.25) is 0 Å². The van der Waals surface area contributed by atoms with Gasteiger partial charge in [-0.15, -0.1) is 0 Å². The van der Waals surface area contributed by atoms with Crippen molar-refractivity contribution in [1.82, 2.24) is 0 Å². The topological polar surface area (TPSA) is 12.0 Å². The van der Waals surface area contributed by atoms with Crippen molar-refractivity contribution in [2.75, 3.05) is 5.32 Å². The fraction of sp³-hybridized carbons (Fsp3) is 0.214. The zero-order chi connectivity index (χ0) is 19.5. The van der Waals surface area contributed by atoms with Crippen LogP contribution in [0.1, 0.15) is 40.6 Å². The highest BCUT2D eigenvalue weighted by atomic mass is 15.0. The summed E-state index contributed by atoms with van der Waals surface area (Å²) in [5, 5.41) is 9.46. The number of benzene rings is 4. The molecule has 0 bridgehead atoms. The van der Waals surface area contributed by atoms with Gasteiger partial charge in [0.2, 0.25) is 0 Å². The molecule has 1 N–H and O–H groups in total. The Kier molecular flexibility index (Phi) is 3.61. The molecule has 1 heteroatoms. The molecule has 0 saturated carbocycles. The molecule has 0 aromatic heterocycles. The summed E-state index contributed by atoms with van der Waals surface area (Å²) < 4.78 is 0. The number of rotatable bonds is 1. The first-order chi connectivity index (χ1) is 14.2. The standard InChI is InChI=1S/C28H25N/c1-17-14-15-18(2)27-25(17)23-12-7-13-24(23)28(29-27)26-21-10-5-3-8-19(21)16-20-9-4-6-11-22(20)26/h3-12,14-16,23-24,28-29H,13H2,1-2H3. The summed E-state index contributed by atoms with van der Waals surface area (Å²) in [5.74, 6) is 1.05. The zero-order valence-corrected chi connectivity index (χ0v) is 16.9. The summed E-state index contributed by atoms with van der Waals surface area (Å²) in [6.07, 6.45) is 5.98. The highest BCUT2D eigenvalue weighted by molar-refractivity contribution is 6.03. The van der Waals surface area contributed by atoms with Crippen LogP contribution in [0.3, 0.4) is 0 Å². The molecular weight excluding hydrogens is 350 g/mol. The predicted octanol–water partition coefficient (Wildman–Crippen LogP) is 7.44. The van der Waals surface area contributed by atoms with E-state index in [1.165, 1.54) is 49.5 Å². The van der Waals surface area contributed by atoms with Crippen molar-refractivity contribution in [3.05, 3.63) is 101 Å². The van der Waals surface area contributed by atoms with Crippen LogP contribution in [0.4, 0.5) is 5.69 Å². The minimum atomic E-state index is 0.305. The van der Waals surface area contributed by atoms with Crippen LogP contribution in [0.15, 0.2) is 78.9 Å². The molecule has 2 aliphatic rings. The van der Waals surface area contributed by atoms with Crippen LogP contribution >= 0.6 is 0 Å². The van der Waals surface area contributed by atoms with Gasteiger partial charge in [-0.3, -0.25) is 0 Å². The lowest BCUT2D eigenvalue weighted by atomic mass is 9.73. The molecule has 1 aliphatic carbocycles. The smallest absolute Gasteiger partial charge is 0.0566 e. The molecular formula is C28H25N. The maximum absolute atomic E-state index is 4.04. The lowest BCUT2D eigenvalue weighted by Crippen LogP contribution is -2.30. The molecule has 0 spiro atoms. The molecule has 1 aliphatic heterocycles. The number of anilines is 1. The minimum absolute atomic E-state index is 0.305. The molecule has 142 valence electrons. The molecule has 0 amide bonds. The Morgan fingerprint density at radius 2 is 1.41 bits per heavy atom. The van der Waals surface area contributed by atoms with Crippen molar-refractivity contribution in [2.45, 2.75) is 32.2 Å². The van der Waals surface area contributed by atoms with E-state index in [2.05, 4.69) is 98.0 Å². The van der Waals surface area contributed by atoms with Crippen molar-refractivity contribution in [3.63, 3.8) is 0 Å². The Balaban J connectivity index is 1.66. The third kappa shape index (κ3) is 2.40. The first kappa shape index (κ1) is 16.9. The van der Waals surface area contributed by atoms with Crippen LogP contribution in [-0.2, 0) is 0 Å². The molecule has 4 aromatic carbocycles. The van der Waals surface area contributed by atoms with E-state index < -0.39 is 0 Å². The average Bonchev–Trinajstić information content (AvgIpc) is 3.24. The molecule has 6 rings (SSSR count). The van der Waals surface area contributed by atoms with E-state index in [-0.39, 0.29) is 0 Å². The van der Waals surface area contributed by atoms with Crippen molar-refractivity contribution in [3.8, 4) is 0 Å². The largest absolute Gasteiger partial charge is 0.377 e. The molecule has 4 aromatic rings. The van der Waals surface area contributed by atoms with Crippen LogP contribution in [0.25, 0.3) is 21.5 Å². The number of nitrogens with one attached hydrogen (secondary N) is 1. The molecule has 3 unspecified atom stereocenters. The second-order valence-electron chi connectivity index (χ2n) is 8.70. The molecule has 1 heterocycles. The van der Waals surface area contributed by atoms with Gasteiger partial charge in [-0.25, -0.2) is 0 Å². The second kappa shape index (κ2) is 6.22. The average molecular weight is 376 g/mol. The van der Waals surface area contributed by atoms with Crippen LogP contribution in [0.5, 0.6) is 0 Å². The Hall–Kier alpha value is -3.06. The van der Waals surface area contributed by atoms with Gasteiger partial charge in [0.25, 0.3) is 0 Å². The normalized spacial score (nSPS) is 22.5. The predicted molar refractivity (Wildman–Crippen MR) is 124 cm³/mol. The van der Waals surface area contributed by atoms with E-state index >= 15 is 0 Å². The number of allylic oxidation sites excluding steroid dienone is 2. The van der Waals surface area contributed by atoms with Gasteiger partial charge in [0.05, 0.1) is 6.04 Å². The number of aryl methyl sites for hydroxylation is 2. The van der Waals surface area contributed by atoms with Gasteiger partial charge >= 0.3 is 0 Å². The molecule has 0 fully saturated rings. The van der Waals surface area contributed by atoms with Crippen LogP contribution in [-0.4, -0.2) is 0 Å². The summed E-state index contributed by atoms with van der Waals surface area (Å²) in [6.45, 7) is 4.50. The van der Waals surface area contributed by atoms with Crippen LogP contribution in [0, 0.1) is 19.8 Å². The van der Waals surface area contributed by atoms with Gasteiger partial charge in [0.1, 0.15) is 0 Å². The van der Waals surface area contributed by atoms with Gasteiger partial charge in [0, 0.05) is 11.6 Å². The first-order valence-electron chi connectivity index (χ1n) is 10.7. The third-order valence-corrected chi connectivity index (χ3v) is 7.07. The van der Waals surface area contributed by atoms with Gasteiger partial charge < -0.3 is 5.32 Å². The Labute approximate surface area is 172 Å². The Morgan fingerprint density at radius 1 is 0.759 bits per heavy atom. The third-order valence-electron chi connectivity index (χ3n) is 7.07. The lowest BCUT2D eigenvalue weighted by Gasteiger charge is -2.40. The van der Waals surface area contributed by atoms with Crippen LogP contribution < -0.4 is 5.32 Å².